The van der Waals surface area contributed by atoms with Crippen LogP contribution in [0.15, 0.2) is 30.3 Å². The molecule has 1 heterocycles. The first-order chi connectivity index (χ1) is 9.34. The van der Waals surface area contributed by atoms with Crippen LogP contribution < -0.4 is 5.73 Å². The fourth-order valence-electron chi connectivity index (χ4n) is 2.16. The number of aromatic nitrogens is 2. The largest absolute Gasteiger partial charge is 0.315 e. The predicted octanol–water partition coefficient (Wildman–Crippen LogP) is 2.37. The van der Waals surface area contributed by atoms with Gasteiger partial charge in [-0.05, 0) is 19.4 Å². The van der Waals surface area contributed by atoms with Gasteiger partial charge in [-0.2, -0.15) is 5.10 Å². The van der Waals surface area contributed by atoms with Gasteiger partial charge in [0.15, 0.2) is 5.78 Å². The Bertz CT molecular complexity index is 632. The molecule has 0 saturated heterocycles. The van der Waals surface area contributed by atoms with Gasteiger partial charge in [0.2, 0.25) is 0 Å². The molecule has 0 radical (unpaired) electrons. The number of ketones is 1. The zero-order valence-corrected chi connectivity index (χ0v) is 12.6. The number of nitrogens with two attached hydrogens (primary N) is 1. The number of hydrogen-bond acceptors (Lipinski definition) is 3. The summed E-state index contributed by atoms with van der Waals surface area (Å²) < 4.78 is 1.57. The number of halogens is 1. The SMILES string of the molecule is Cc1nn(C)c(Cl)c1CC(=O)C(C)(N)c1ccccc1. The van der Waals surface area contributed by atoms with Crippen molar-refractivity contribution >= 4 is 17.4 Å². The first kappa shape index (κ1) is 14.8. The molecule has 2 N–H and O–H groups in total. The standard InChI is InChI=1S/C15H18ClN3O/c1-10-12(14(16)19(3)18-10)9-13(20)15(2,17)11-7-5-4-6-8-11/h4-8H,9,17H2,1-3H3. The summed E-state index contributed by atoms with van der Waals surface area (Å²) in [4.78, 5) is 12.5. The zero-order chi connectivity index (χ0) is 14.9. The summed E-state index contributed by atoms with van der Waals surface area (Å²) in [5, 5.41) is 4.70. The Labute approximate surface area is 123 Å². The maximum Gasteiger partial charge on any atom is 0.161 e. The first-order valence-corrected chi connectivity index (χ1v) is 6.77. The zero-order valence-electron chi connectivity index (χ0n) is 11.9. The van der Waals surface area contributed by atoms with Gasteiger partial charge in [-0.1, -0.05) is 41.9 Å². The molecule has 0 fully saturated rings. The van der Waals surface area contributed by atoms with Gasteiger partial charge in [0, 0.05) is 19.0 Å². The van der Waals surface area contributed by atoms with E-state index >= 15 is 0 Å². The predicted molar refractivity (Wildman–Crippen MR) is 79.6 cm³/mol. The van der Waals surface area contributed by atoms with Crippen LogP contribution in [0.1, 0.15) is 23.7 Å². The Hall–Kier alpha value is -1.65. The molecule has 0 spiro atoms. The highest BCUT2D eigenvalue weighted by Crippen LogP contribution is 2.25. The van der Waals surface area contributed by atoms with Gasteiger partial charge < -0.3 is 5.73 Å². The van der Waals surface area contributed by atoms with Gasteiger partial charge in [-0.15, -0.1) is 0 Å². The van der Waals surface area contributed by atoms with Crippen molar-refractivity contribution in [1.29, 1.82) is 0 Å². The van der Waals surface area contributed by atoms with E-state index in [4.69, 9.17) is 17.3 Å². The van der Waals surface area contributed by atoms with Crippen LogP contribution in [0.4, 0.5) is 0 Å². The fourth-order valence-corrected chi connectivity index (χ4v) is 2.41. The minimum atomic E-state index is -1.03. The van der Waals surface area contributed by atoms with Crippen LogP contribution in [0.25, 0.3) is 0 Å². The van der Waals surface area contributed by atoms with E-state index < -0.39 is 5.54 Å². The second kappa shape index (κ2) is 5.38. The molecule has 20 heavy (non-hydrogen) atoms. The Morgan fingerprint density at radius 3 is 2.50 bits per heavy atom. The maximum atomic E-state index is 12.5. The van der Waals surface area contributed by atoms with Crippen molar-refractivity contribution in [2.75, 3.05) is 0 Å². The smallest absolute Gasteiger partial charge is 0.161 e. The summed E-state index contributed by atoms with van der Waals surface area (Å²) in [6.07, 6.45) is 0.181. The Balaban J connectivity index is 2.28. The van der Waals surface area contributed by atoms with Crippen LogP contribution in [0.2, 0.25) is 5.15 Å². The van der Waals surface area contributed by atoms with Crippen molar-refractivity contribution < 1.29 is 4.79 Å². The van der Waals surface area contributed by atoms with E-state index in [0.29, 0.717) is 5.15 Å². The quantitative estimate of drug-likeness (QED) is 0.941. The minimum absolute atomic E-state index is 0.0818. The monoisotopic (exact) mass is 291 g/mol. The van der Waals surface area contributed by atoms with Crippen molar-refractivity contribution in [3.05, 3.63) is 52.3 Å². The average Bonchev–Trinajstić information content (AvgIpc) is 2.66. The molecule has 106 valence electrons. The van der Waals surface area contributed by atoms with Gasteiger partial charge >= 0.3 is 0 Å². The third-order valence-electron chi connectivity index (χ3n) is 3.56. The van der Waals surface area contributed by atoms with E-state index in [1.807, 2.05) is 37.3 Å². The van der Waals surface area contributed by atoms with Crippen LogP contribution >= 0.6 is 11.6 Å². The van der Waals surface area contributed by atoms with E-state index in [-0.39, 0.29) is 12.2 Å². The third kappa shape index (κ3) is 2.62. The third-order valence-corrected chi connectivity index (χ3v) is 4.03. The number of nitrogens with zero attached hydrogens (tertiary/aromatic N) is 2. The fraction of sp³-hybridized carbons (Fsp3) is 0.333. The molecule has 1 aromatic heterocycles. The molecule has 2 rings (SSSR count). The van der Waals surface area contributed by atoms with E-state index in [0.717, 1.165) is 16.8 Å². The van der Waals surface area contributed by atoms with E-state index in [2.05, 4.69) is 5.10 Å². The number of Topliss-reactive ketones (excluding diaryl/α,β-unsaturated/α-hetero) is 1. The van der Waals surface area contributed by atoms with E-state index in [1.165, 1.54) is 0 Å². The average molecular weight is 292 g/mol. The summed E-state index contributed by atoms with van der Waals surface area (Å²) in [6.45, 7) is 3.56. The van der Waals surface area contributed by atoms with Crippen LogP contribution in [0.5, 0.6) is 0 Å². The van der Waals surface area contributed by atoms with Crippen molar-refractivity contribution in [2.45, 2.75) is 25.8 Å². The lowest BCUT2D eigenvalue weighted by Gasteiger charge is -2.23. The molecule has 1 atom stereocenters. The lowest BCUT2D eigenvalue weighted by molar-refractivity contribution is -0.123. The van der Waals surface area contributed by atoms with Gasteiger partial charge in [-0.25, -0.2) is 0 Å². The van der Waals surface area contributed by atoms with Crippen molar-refractivity contribution in [3.8, 4) is 0 Å². The summed E-state index contributed by atoms with van der Waals surface area (Å²) >= 11 is 6.16. The molecule has 4 nitrogen and oxygen atoms in total. The number of carbonyl (C=O) groups is 1. The summed E-state index contributed by atoms with van der Waals surface area (Å²) in [7, 11) is 1.75. The van der Waals surface area contributed by atoms with Gasteiger partial charge in [0.05, 0.1) is 11.2 Å². The normalized spacial score (nSPS) is 14.1. The van der Waals surface area contributed by atoms with Gasteiger partial charge in [-0.3, -0.25) is 9.48 Å². The maximum absolute atomic E-state index is 12.5. The molecular formula is C15H18ClN3O. The molecule has 1 aromatic carbocycles. The molecule has 0 aliphatic carbocycles. The molecule has 0 aliphatic rings. The molecule has 0 saturated carbocycles. The van der Waals surface area contributed by atoms with Crippen LogP contribution in [-0.2, 0) is 23.8 Å². The minimum Gasteiger partial charge on any atom is -0.315 e. The summed E-state index contributed by atoms with van der Waals surface area (Å²) in [6, 6.07) is 9.35. The Kier molecular flexibility index (Phi) is 3.97. The van der Waals surface area contributed by atoms with Crippen molar-refractivity contribution in [2.24, 2.45) is 12.8 Å². The van der Waals surface area contributed by atoms with Crippen molar-refractivity contribution in [3.63, 3.8) is 0 Å². The highest BCUT2D eigenvalue weighted by molar-refractivity contribution is 6.30. The second-order valence-electron chi connectivity index (χ2n) is 5.15. The number of benzene rings is 1. The van der Waals surface area contributed by atoms with Crippen LogP contribution in [0, 0.1) is 6.92 Å². The first-order valence-electron chi connectivity index (χ1n) is 6.39. The summed E-state index contributed by atoms with van der Waals surface area (Å²) in [5.74, 6) is -0.0818. The van der Waals surface area contributed by atoms with Gasteiger partial charge in [0.1, 0.15) is 5.15 Å². The number of carbonyl (C=O) groups excluding carboxylic acids is 1. The number of hydrogen-bond donors (Lipinski definition) is 1. The highest BCUT2D eigenvalue weighted by atomic mass is 35.5. The van der Waals surface area contributed by atoms with Crippen molar-refractivity contribution in [1.82, 2.24) is 9.78 Å². The second-order valence-corrected chi connectivity index (χ2v) is 5.50. The molecule has 2 aromatic rings. The molecular weight excluding hydrogens is 274 g/mol. The lowest BCUT2D eigenvalue weighted by Crippen LogP contribution is -2.42. The van der Waals surface area contributed by atoms with Gasteiger partial charge in [0.25, 0.3) is 0 Å². The number of aryl methyl sites for hydroxylation is 2. The van der Waals surface area contributed by atoms with Crippen LogP contribution in [0.3, 0.4) is 0 Å². The molecule has 5 heteroatoms. The number of rotatable bonds is 4. The lowest BCUT2D eigenvalue weighted by atomic mass is 9.86. The van der Waals surface area contributed by atoms with E-state index in [9.17, 15) is 4.79 Å². The molecule has 1 unspecified atom stereocenters. The highest BCUT2D eigenvalue weighted by Gasteiger charge is 2.31. The molecule has 0 bridgehead atoms. The molecule has 0 aliphatic heterocycles. The van der Waals surface area contributed by atoms with Crippen LogP contribution in [-0.4, -0.2) is 15.6 Å². The Morgan fingerprint density at radius 2 is 2.00 bits per heavy atom. The topological polar surface area (TPSA) is 60.9 Å². The summed E-state index contributed by atoms with van der Waals surface area (Å²) in [5.41, 5.74) is 7.48. The van der Waals surface area contributed by atoms with E-state index in [1.54, 1.807) is 18.7 Å². The molecule has 0 amide bonds. The Morgan fingerprint density at radius 1 is 1.40 bits per heavy atom.